The molecular weight excluding hydrogens is 232 g/mol. The Kier molecular flexibility index (Phi) is 28.9. The van der Waals surface area contributed by atoms with Crippen molar-refractivity contribution in [2.45, 2.75) is 0 Å². The maximum Gasteiger partial charge on any atom is 1.00 e. The van der Waals surface area contributed by atoms with Crippen LogP contribution in [0.15, 0.2) is 0 Å². The van der Waals surface area contributed by atoms with E-state index in [1.54, 1.807) is 0 Å². The first-order valence-corrected chi connectivity index (χ1v) is 0.651. The maximum atomic E-state index is 8.56. The largest absolute Gasteiger partial charge is 1.00 e. The molecule has 0 aromatic heterocycles. The summed E-state index contributed by atoms with van der Waals surface area (Å²) in [5.41, 5.74) is 0. The fourth-order valence-electron chi connectivity index (χ4n) is 0. The van der Waals surface area contributed by atoms with E-state index in [-0.39, 0.29) is 122 Å². The molecule has 1 radical (unpaired) electrons. The fourth-order valence-corrected chi connectivity index (χ4v) is 0. The van der Waals surface area contributed by atoms with Crippen LogP contribution in [0.5, 0.6) is 0 Å². The molecule has 2 N–H and O–H groups in total. The Labute approximate surface area is 138 Å². The van der Waals surface area contributed by atoms with E-state index in [0.29, 0.717) is 0 Å². The van der Waals surface area contributed by atoms with Crippen LogP contribution in [0.3, 0.4) is 0 Å². The Morgan fingerprint density at radius 2 is 1.50 bits per heavy atom. The van der Waals surface area contributed by atoms with Crippen molar-refractivity contribution in [3.8, 4) is 0 Å². The minimum absolute atomic E-state index is 0. The molecule has 0 rings (SSSR count). The Morgan fingerprint density at radius 3 is 1.50 bits per heavy atom. The standard InChI is InChI=1S/CH2O3.Cs.K.H/c2-1(3)4;;;/h(H2,2,3,4);;;/q;+1;;-1. The SMILES string of the molecule is O=C(O)O.[Cs+].[H-].[K]. The van der Waals surface area contributed by atoms with E-state index in [4.69, 9.17) is 15.0 Å². The topological polar surface area (TPSA) is 57.5 Å². The van der Waals surface area contributed by atoms with Gasteiger partial charge in [0.15, 0.2) is 0 Å². The van der Waals surface area contributed by atoms with Gasteiger partial charge in [-0.05, 0) is 0 Å². The second-order valence-corrected chi connectivity index (χ2v) is 0.283. The van der Waals surface area contributed by atoms with Crippen molar-refractivity contribution < 1.29 is 85.3 Å². The van der Waals surface area contributed by atoms with Crippen LogP contribution in [-0.4, -0.2) is 67.8 Å². The summed E-state index contributed by atoms with van der Waals surface area (Å²) in [7, 11) is 0. The van der Waals surface area contributed by atoms with Crippen LogP contribution in [0.1, 0.15) is 1.43 Å². The monoisotopic (exact) mass is 235 g/mol. The van der Waals surface area contributed by atoms with E-state index >= 15 is 0 Å². The predicted octanol–water partition coefficient (Wildman–Crippen LogP) is -3.04. The minimum Gasteiger partial charge on any atom is -1.00 e. The predicted molar refractivity (Wildman–Crippen MR) is 17.5 cm³/mol. The van der Waals surface area contributed by atoms with Gasteiger partial charge in [0.2, 0.25) is 0 Å². The van der Waals surface area contributed by atoms with E-state index in [9.17, 15) is 0 Å². The quantitative estimate of drug-likeness (QED) is 0.439. The van der Waals surface area contributed by atoms with E-state index in [0.717, 1.165) is 0 Å². The Balaban J connectivity index is -0.0000000150. The third-order valence-corrected chi connectivity index (χ3v) is 0. The molecule has 6 heavy (non-hydrogen) atoms. The Bertz CT molecular complexity index is 37.9. The van der Waals surface area contributed by atoms with Crippen LogP contribution in [0, 0.1) is 0 Å². The van der Waals surface area contributed by atoms with Gasteiger partial charge in [0.1, 0.15) is 0 Å². The molecule has 3 nitrogen and oxygen atoms in total. The molecule has 0 saturated carbocycles. The van der Waals surface area contributed by atoms with Crippen molar-refractivity contribution in [2.75, 3.05) is 0 Å². The van der Waals surface area contributed by atoms with E-state index in [1.165, 1.54) is 0 Å². The zero-order valence-corrected chi connectivity index (χ0v) is 13.2. The summed E-state index contributed by atoms with van der Waals surface area (Å²) in [4.78, 5) is 8.56. The second kappa shape index (κ2) is 10.9. The fraction of sp³-hybridized carbons (Fsp3) is 0. The number of hydrogen-bond donors (Lipinski definition) is 2. The third kappa shape index (κ3) is 28.2. The molecular formula is CH3CsKO3. The molecule has 0 aliphatic rings. The molecule has 0 unspecified atom stereocenters. The van der Waals surface area contributed by atoms with Crippen molar-refractivity contribution in [1.29, 1.82) is 0 Å². The van der Waals surface area contributed by atoms with Gasteiger partial charge in [-0.2, -0.15) is 0 Å². The molecule has 0 aliphatic carbocycles. The van der Waals surface area contributed by atoms with E-state index in [1.807, 2.05) is 0 Å². The molecule has 0 amide bonds. The molecule has 0 heterocycles. The van der Waals surface area contributed by atoms with E-state index in [2.05, 4.69) is 0 Å². The number of rotatable bonds is 0. The molecule has 0 spiro atoms. The summed E-state index contributed by atoms with van der Waals surface area (Å²) in [6, 6.07) is 0. The van der Waals surface area contributed by atoms with E-state index < -0.39 is 6.16 Å². The van der Waals surface area contributed by atoms with Crippen molar-refractivity contribution in [1.82, 2.24) is 0 Å². The van der Waals surface area contributed by atoms with Gasteiger partial charge in [0.05, 0.1) is 0 Å². The van der Waals surface area contributed by atoms with Crippen LogP contribution in [0.25, 0.3) is 0 Å². The second-order valence-electron chi connectivity index (χ2n) is 0.283. The van der Waals surface area contributed by atoms with Crippen molar-refractivity contribution in [3.63, 3.8) is 0 Å². The van der Waals surface area contributed by atoms with Gasteiger partial charge in [-0.15, -0.1) is 0 Å². The first-order valence-electron chi connectivity index (χ1n) is 0.651. The molecule has 0 atom stereocenters. The first kappa shape index (κ1) is 16.0. The average molecular weight is 235 g/mol. The summed E-state index contributed by atoms with van der Waals surface area (Å²) < 4.78 is 0. The number of carbonyl (C=O) groups is 1. The third-order valence-electron chi connectivity index (χ3n) is 0. The minimum atomic E-state index is -1.83. The maximum absolute atomic E-state index is 8.56. The van der Waals surface area contributed by atoms with Gasteiger partial charge in [-0.3, -0.25) is 0 Å². The molecule has 27 valence electrons. The van der Waals surface area contributed by atoms with Gasteiger partial charge < -0.3 is 11.6 Å². The van der Waals surface area contributed by atoms with Gasteiger partial charge in [-0.1, -0.05) is 0 Å². The summed E-state index contributed by atoms with van der Waals surface area (Å²) in [5.74, 6) is 0. The van der Waals surface area contributed by atoms with Gasteiger partial charge in [-0.25, -0.2) is 4.79 Å². The van der Waals surface area contributed by atoms with Gasteiger partial charge >= 0.3 is 75.0 Å². The number of hydrogen-bond acceptors (Lipinski definition) is 1. The smallest absolute Gasteiger partial charge is 1.00 e. The van der Waals surface area contributed by atoms with Crippen molar-refractivity contribution in [2.24, 2.45) is 0 Å². The van der Waals surface area contributed by atoms with Crippen LogP contribution >= 0.6 is 0 Å². The Hall–Kier alpha value is 2.96. The molecule has 0 aliphatic heterocycles. The molecule has 0 aromatic rings. The van der Waals surface area contributed by atoms with Crippen LogP contribution in [0.4, 0.5) is 4.79 Å². The van der Waals surface area contributed by atoms with Crippen LogP contribution < -0.4 is 68.9 Å². The molecule has 0 fully saturated rings. The first-order chi connectivity index (χ1) is 1.73. The molecule has 0 aromatic carbocycles. The molecule has 0 saturated heterocycles. The zero-order chi connectivity index (χ0) is 3.58. The molecule has 5 heteroatoms. The zero-order valence-electron chi connectivity index (χ0n) is 4.80. The van der Waals surface area contributed by atoms with Gasteiger partial charge in [0, 0.05) is 51.4 Å². The summed E-state index contributed by atoms with van der Waals surface area (Å²) in [6.45, 7) is 0. The van der Waals surface area contributed by atoms with Crippen LogP contribution in [0.2, 0.25) is 0 Å². The normalized spacial score (nSPS) is 4.00. The summed E-state index contributed by atoms with van der Waals surface area (Å²) >= 11 is 0. The Morgan fingerprint density at radius 1 is 1.50 bits per heavy atom. The average Bonchev–Trinajstić information content (AvgIpc) is 0.811. The summed E-state index contributed by atoms with van der Waals surface area (Å²) in [5, 5.41) is 13.9. The van der Waals surface area contributed by atoms with Crippen molar-refractivity contribution >= 4 is 57.5 Å². The van der Waals surface area contributed by atoms with Crippen LogP contribution in [-0.2, 0) is 0 Å². The van der Waals surface area contributed by atoms with Crippen molar-refractivity contribution in [3.05, 3.63) is 0 Å². The molecule has 0 bridgehead atoms. The number of carboxylic acid groups (broad SMARTS) is 2. The summed E-state index contributed by atoms with van der Waals surface area (Å²) in [6.07, 6.45) is -1.83. The van der Waals surface area contributed by atoms with Gasteiger partial charge in [0.25, 0.3) is 0 Å².